The van der Waals surface area contributed by atoms with Crippen molar-refractivity contribution in [2.75, 3.05) is 36.0 Å². The Morgan fingerprint density at radius 2 is 2.22 bits per heavy atom. The second-order valence-electron chi connectivity index (χ2n) is 5.41. The Balaban J connectivity index is 2.09. The molecule has 2 aliphatic heterocycles. The van der Waals surface area contributed by atoms with Gasteiger partial charge in [0.05, 0.1) is 22.4 Å². The molecule has 0 radical (unpaired) electrons. The molecule has 0 bridgehead atoms. The number of halogens is 1. The first-order valence-corrected chi connectivity index (χ1v) is 7.09. The van der Waals surface area contributed by atoms with E-state index in [1.165, 1.54) is 11.4 Å². The molecule has 3 rings (SSSR count). The monoisotopic (exact) mass is 265 g/mol. The summed E-state index contributed by atoms with van der Waals surface area (Å²) >= 11 is 6.44. The van der Waals surface area contributed by atoms with E-state index in [2.05, 4.69) is 41.1 Å². The fourth-order valence-corrected chi connectivity index (χ4v) is 3.33. The van der Waals surface area contributed by atoms with E-state index in [0.717, 1.165) is 31.2 Å². The topological polar surface area (TPSA) is 18.5 Å². The van der Waals surface area contributed by atoms with Crippen LogP contribution in [0.2, 0.25) is 5.02 Å². The first kappa shape index (κ1) is 12.1. The number of fused-ring (bicyclic) bond motifs is 3. The molecular formula is C14H20ClN3. The lowest BCUT2D eigenvalue weighted by atomic mass is 10.0. The molecule has 1 aromatic carbocycles. The maximum Gasteiger partial charge on any atom is 0.0797 e. The Bertz CT molecular complexity index is 447. The van der Waals surface area contributed by atoms with E-state index in [0.29, 0.717) is 12.1 Å². The van der Waals surface area contributed by atoms with E-state index in [1.54, 1.807) is 0 Å². The third kappa shape index (κ3) is 1.86. The van der Waals surface area contributed by atoms with Crippen molar-refractivity contribution in [3.05, 3.63) is 23.2 Å². The van der Waals surface area contributed by atoms with Crippen LogP contribution in [0.1, 0.15) is 13.8 Å². The highest BCUT2D eigenvalue weighted by Crippen LogP contribution is 2.41. The van der Waals surface area contributed by atoms with Crippen LogP contribution >= 0.6 is 11.6 Å². The van der Waals surface area contributed by atoms with Crippen LogP contribution in [-0.2, 0) is 0 Å². The average molecular weight is 266 g/mol. The van der Waals surface area contributed by atoms with Gasteiger partial charge in [0.15, 0.2) is 0 Å². The first-order chi connectivity index (χ1) is 8.68. The Hall–Kier alpha value is -0.930. The molecule has 2 aliphatic rings. The fraction of sp³-hybridized carbons (Fsp3) is 0.571. The molecule has 0 aromatic heterocycles. The summed E-state index contributed by atoms with van der Waals surface area (Å²) in [5.41, 5.74) is 2.52. The van der Waals surface area contributed by atoms with Gasteiger partial charge in [0.2, 0.25) is 0 Å². The third-order valence-electron chi connectivity index (χ3n) is 3.94. The number of nitrogens with zero attached hydrogens (tertiary/aromatic N) is 2. The number of piperazine rings is 1. The smallest absolute Gasteiger partial charge is 0.0797 e. The summed E-state index contributed by atoms with van der Waals surface area (Å²) in [5, 5.41) is 4.36. The third-order valence-corrected chi connectivity index (χ3v) is 4.25. The minimum Gasteiger partial charge on any atom is -0.365 e. The van der Waals surface area contributed by atoms with Gasteiger partial charge in [0.25, 0.3) is 0 Å². The number of para-hydroxylation sites is 1. The van der Waals surface area contributed by atoms with Gasteiger partial charge in [-0.2, -0.15) is 0 Å². The van der Waals surface area contributed by atoms with Crippen LogP contribution in [0.4, 0.5) is 11.4 Å². The van der Waals surface area contributed by atoms with Gasteiger partial charge in [-0.1, -0.05) is 17.7 Å². The van der Waals surface area contributed by atoms with Crippen LogP contribution < -0.4 is 15.1 Å². The van der Waals surface area contributed by atoms with E-state index in [-0.39, 0.29) is 0 Å². The maximum absolute atomic E-state index is 6.44. The minimum atomic E-state index is 0.506. The van der Waals surface area contributed by atoms with Crippen molar-refractivity contribution in [3.63, 3.8) is 0 Å². The van der Waals surface area contributed by atoms with Gasteiger partial charge in [-0.15, -0.1) is 0 Å². The number of hydrogen-bond acceptors (Lipinski definition) is 3. The van der Waals surface area contributed by atoms with Gasteiger partial charge in [-0.3, -0.25) is 0 Å². The lowest BCUT2D eigenvalue weighted by Crippen LogP contribution is -2.59. The molecular weight excluding hydrogens is 246 g/mol. The molecule has 1 N–H and O–H groups in total. The fourth-order valence-electron chi connectivity index (χ4n) is 3.05. The zero-order chi connectivity index (χ0) is 12.7. The van der Waals surface area contributed by atoms with Crippen molar-refractivity contribution in [2.45, 2.75) is 25.9 Å². The molecule has 0 amide bonds. The van der Waals surface area contributed by atoms with E-state index in [9.17, 15) is 0 Å². The summed E-state index contributed by atoms with van der Waals surface area (Å²) in [5.74, 6) is 0. The highest BCUT2D eigenvalue weighted by molar-refractivity contribution is 6.34. The van der Waals surface area contributed by atoms with E-state index in [1.807, 2.05) is 6.07 Å². The maximum atomic E-state index is 6.44. The number of hydrogen-bond donors (Lipinski definition) is 1. The predicted octanol–water partition coefficient (Wildman–Crippen LogP) is 2.35. The van der Waals surface area contributed by atoms with Gasteiger partial charge in [0, 0.05) is 32.2 Å². The van der Waals surface area contributed by atoms with Crippen molar-refractivity contribution in [3.8, 4) is 0 Å². The van der Waals surface area contributed by atoms with Crippen LogP contribution in [-0.4, -0.2) is 38.3 Å². The van der Waals surface area contributed by atoms with Crippen LogP contribution in [0.5, 0.6) is 0 Å². The summed E-state index contributed by atoms with van der Waals surface area (Å²) in [7, 11) is 0. The molecule has 0 spiro atoms. The summed E-state index contributed by atoms with van der Waals surface area (Å²) in [6, 6.07) is 7.29. The zero-order valence-corrected chi connectivity index (χ0v) is 11.7. The summed E-state index contributed by atoms with van der Waals surface area (Å²) in [4.78, 5) is 4.95. The summed E-state index contributed by atoms with van der Waals surface area (Å²) in [6.45, 7) is 8.72. The van der Waals surface area contributed by atoms with Crippen molar-refractivity contribution in [1.29, 1.82) is 0 Å². The molecule has 1 saturated heterocycles. The van der Waals surface area contributed by atoms with Gasteiger partial charge in [0.1, 0.15) is 0 Å². The number of benzene rings is 1. The van der Waals surface area contributed by atoms with E-state index < -0.39 is 0 Å². The molecule has 1 atom stereocenters. The van der Waals surface area contributed by atoms with Gasteiger partial charge in [-0.05, 0) is 26.0 Å². The molecule has 0 saturated carbocycles. The van der Waals surface area contributed by atoms with Crippen LogP contribution in [0.15, 0.2) is 18.2 Å². The van der Waals surface area contributed by atoms with Crippen molar-refractivity contribution in [1.82, 2.24) is 5.32 Å². The Morgan fingerprint density at radius 1 is 1.39 bits per heavy atom. The predicted molar refractivity (Wildman–Crippen MR) is 77.9 cm³/mol. The molecule has 98 valence electrons. The van der Waals surface area contributed by atoms with Crippen molar-refractivity contribution < 1.29 is 0 Å². The number of anilines is 2. The molecule has 0 aliphatic carbocycles. The highest BCUT2D eigenvalue weighted by atomic mass is 35.5. The number of nitrogens with one attached hydrogen (secondary N) is 1. The second-order valence-corrected chi connectivity index (χ2v) is 5.81. The minimum absolute atomic E-state index is 0.506. The normalized spacial score (nSPS) is 23.0. The molecule has 4 heteroatoms. The average Bonchev–Trinajstić information content (AvgIpc) is 2.37. The Kier molecular flexibility index (Phi) is 3.12. The quantitative estimate of drug-likeness (QED) is 0.841. The van der Waals surface area contributed by atoms with E-state index in [4.69, 9.17) is 11.6 Å². The first-order valence-electron chi connectivity index (χ1n) is 6.71. The SMILES string of the molecule is CC(C)N1CC2CNCCN2c2c(Cl)cccc21. The van der Waals surface area contributed by atoms with Crippen molar-refractivity contribution in [2.24, 2.45) is 0 Å². The highest BCUT2D eigenvalue weighted by Gasteiger charge is 2.34. The molecule has 2 heterocycles. The van der Waals surface area contributed by atoms with Crippen LogP contribution in [0.25, 0.3) is 0 Å². The van der Waals surface area contributed by atoms with Gasteiger partial charge >= 0.3 is 0 Å². The van der Waals surface area contributed by atoms with Crippen LogP contribution in [0, 0.1) is 0 Å². The lowest BCUT2D eigenvalue weighted by molar-refractivity contribution is 0.448. The summed E-state index contributed by atoms with van der Waals surface area (Å²) in [6.07, 6.45) is 0. The second kappa shape index (κ2) is 4.63. The van der Waals surface area contributed by atoms with Gasteiger partial charge in [-0.25, -0.2) is 0 Å². The Morgan fingerprint density at radius 3 is 3.00 bits per heavy atom. The zero-order valence-electron chi connectivity index (χ0n) is 11.0. The molecule has 1 aromatic rings. The van der Waals surface area contributed by atoms with E-state index >= 15 is 0 Å². The molecule has 1 fully saturated rings. The summed E-state index contributed by atoms with van der Waals surface area (Å²) < 4.78 is 0. The molecule has 3 nitrogen and oxygen atoms in total. The van der Waals surface area contributed by atoms with Gasteiger partial charge < -0.3 is 15.1 Å². The standard InChI is InChI=1S/C14H20ClN3/c1-10(2)18-9-11-8-16-6-7-17(11)14-12(15)4-3-5-13(14)18/h3-5,10-11,16H,6-9H2,1-2H3. The largest absolute Gasteiger partial charge is 0.365 e. The Labute approximate surface area is 114 Å². The van der Waals surface area contributed by atoms with Crippen LogP contribution in [0.3, 0.4) is 0 Å². The van der Waals surface area contributed by atoms with Crippen molar-refractivity contribution >= 4 is 23.0 Å². The molecule has 18 heavy (non-hydrogen) atoms. The molecule has 1 unspecified atom stereocenters. The lowest BCUT2D eigenvalue weighted by Gasteiger charge is -2.48. The number of rotatable bonds is 1.